The van der Waals surface area contributed by atoms with Gasteiger partial charge in [0.25, 0.3) is 0 Å². The Morgan fingerprint density at radius 2 is 1.89 bits per heavy atom. The Hall–Kier alpha value is -2.70. The summed E-state index contributed by atoms with van der Waals surface area (Å²) in [4.78, 5) is 17.8. The van der Waals surface area contributed by atoms with Crippen molar-refractivity contribution >= 4 is 22.4 Å². The van der Waals surface area contributed by atoms with Gasteiger partial charge in [0.2, 0.25) is 5.91 Å². The van der Waals surface area contributed by atoms with Crippen molar-refractivity contribution in [2.75, 3.05) is 12.4 Å². The van der Waals surface area contributed by atoms with Crippen LogP contribution in [0.5, 0.6) is 5.75 Å². The lowest BCUT2D eigenvalue weighted by Crippen LogP contribution is -2.12. The fraction of sp³-hybridized carbons (Fsp3) is 0.238. The molecule has 2 N–H and O–H groups in total. The van der Waals surface area contributed by atoms with Crippen LogP contribution in [0.2, 0.25) is 0 Å². The van der Waals surface area contributed by atoms with E-state index in [1.54, 1.807) is 7.11 Å². The zero-order valence-electron chi connectivity index (χ0n) is 15.3. The number of thiazole rings is 1. The summed E-state index contributed by atoms with van der Waals surface area (Å²) in [6, 6.07) is 17.0. The molecule has 2 aromatic carbocycles. The molecule has 0 radical (unpaired) electrons. The number of amides is 1. The lowest BCUT2D eigenvalue weighted by atomic mass is 10.1. The fourth-order valence-corrected chi connectivity index (χ4v) is 3.61. The van der Waals surface area contributed by atoms with Gasteiger partial charge in [-0.2, -0.15) is 0 Å². The van der Waals surface area contributed by atoms with E-state index in [-0.39, 0.29) is 12.3 Å². The van der Waals surface area contributed by atoms with E-state index in [1.807, 2.05) is 61.5 Å². The maximum atomic E-state index is 12.2. The zero-order valence-corrected chi connectivity index (χ0v) is 16.1. The molecule has 0 saturated carbocycles. The average Bonchev–Trinajstić information content (AvgIpc) is 3.06. The molecule has 0 saturated heterocycles. The molecule has 0 fully saturated rings. The van der Waals surface area contributed by atoms with Crippen LogP contribution in [0, 0.1) is 6.92 Å². The van der Waals surface area contributed by atoms with E-state index >= 15 is 0 Å². The molecule has 0 aliphatic carbocycles. The number of rotatable bonds is 7. The van der Waals surface area contributed by atoms with Crippen LogP contribution < -0.4 is 10.1 Å². The Kier molecular flexibility index (Phi) is 6.21. The molecule has 6 heteroatoms. The number of hydrogen-bond acceptors (Lipinski definition) is 5. The van der Waals surface area contributed by atoms with Gasteiger partial charge in [0.15, 0.2) is 5.13 Å². The van der Waals surface area contributed by atoms with Crippen LogP contribution in [0.4, 0.5) is 5.13 Å². The number of nitrogens with zero attached hydrogens (tertiary/aromatic N) is 1. The van der Waals surface area contributed by atoms with Crippen LogP contribution >= 0.6 is 11.3 Å². The number of aliphatic hydroxyl groups is 1. The second kappa shape index (κ2) is 8.79. The molecule has 0 bridgehead atoms. The molecule has 0 spiro atoms. The molecule has 0 unspecified atom stereocenters. The van der Waals surface area contributed by atoms with E-state index in [0.717, 1.165) is 27.4 Å². The highest BCUT2D eigenvalue weighted by Crippen LogP contribution is 2.31. The summed E-state index contributed by atoms with van der Waals surface area (Å²) in [5.41, 5.74) is 2.64. The molecule has 1 heterocycles. The number of benzene rings is 2. The summed E-state index contributed by atoms with van der Waals surface area (Å²) < 4.78 is 5.18. The maximum Gasteiger partial charge on any atom is 0.226 e. The molecule has 3 aromatic rings. The lowest BCUT2D eigenvalue weighted by Gasteiger charge is -2.10. The van der Waals surface area contributed by atoms with E-state index in [2.05, 4.69) is 10.3 Å². The minimum atomic E-state index is -0.648. The van der Waals surface area contributed by atoms with Gasteiger partial charge in [0.1, 0.15) is 5.75 Å². The third-order valence-corrected chi connectivity index (χ3v) is 5.12. The number of methoxy groups -OCH3 is 1. The highest BCUT2D eigenvalue weighted by Gasteiger charge is 2.14. The first-order chi connectivity index (χ1) is 13.1. The van der Waals surface area contributed by atoms with Crippen molar-refractivity contribution in [2.24, 2.45) is 0 Å². The number of aromatic nitrogens is 1. The number of hydrogen-bond donors (Lipinski definition) is 2. The molecule has 0 aliphatic rings. The average molecular weight is 382 g/mol. The van der Waals surface area contributed by atoms with Crippen LogP contribution in [0.3, 0.4) is 0 Å². The van der Waals surface area contributed by atoms with Gasteiger partial charge in [-0.15, -0.1) is 11.3 Å². The minimum absolute atomic E-state index is 0.153. The van der Waals surface area contributed by atoms with Crippen LogP contribution in [0.1, 0.15) is 29.4 Å². The van der Waals surface area contributed by atoms with Gasteiger partial charge in [-0.05, 0) is 43.2 Å². The van der Waals surface area contributed by atoms with Crippen molar-refractivity contribution in [2.45, 2.75) is 25.9 Å². The van der Waals surface area contributed by atoms with Gasteiger partial charge in [-0.3, -0.25) is 4.79 Å². The number of carbonyl (C=O) groups excluding carboxylic acids is 1. The molecule has 140 valence electrons. The molecular formula is C21H22N2O3S. The molecule has 3 rings (SSSR count). The largest absolute Gasteiger partial charge is 0.497 e. The summed E-state index contributed by atoms with van der Waals surface area (Å²) in [6.07, 6.45) is -0.0530. The number of carbonyl (C=O) groups is 1. The summed E-state index contributed by atoms with van der Waals surface area (Å²) in [5.74, 6) is 0.636. The molecule has 5 nitrogen and oxygen atoms in total. The van der Waals surface area contributed by atoms with Crippen molar-refractivity contribution in [3.05, 3.63) is 65.0 Å². The van der Waals surface area contributed by atoms with Gasteiger partial charge in [-0.25, -0.2) is 4.98 Å². The first-order valence-electron chi connectivity index (χ1n) is 8.71. The van der Waals surface area contributed by atoms with Crippen molar-refractivity contribution in [3.63, 3.8) is 0 Å². The third kappa shape index (κ3) is 4.93. The Balaban J connectivity index is 1.59. The maximum absolute atomic E-state index is 12.2. The second-order valence-electron chi connectivity index (χ2n) is 6.17. The molecular weight excluding hydrogens is 360 g/mol. The van der Waals surface area contributed by atoms with E-state index in [9.17, 15) is 9.90 Å². The van der Waals surface area contributed by atoms with E-state index in [0.29, 0.717) is 11.6 Å². The summed E-state index contributed by atoms with van der Waals surface area (Å²) in [6.45, 7) is 1.98. The molecule has 1 amide bonds. The van der Waals surface area contributed by atoms with Crippen molar-refractivity contribution in [1.82, 2.24) is 4.98 Å². The SMILES string of the molecule is COc1ccc(-c2nc(NC(=O)CC[C@H](O)c3ccccc3)sc2C)cc1. The Labute approximate surface area is 162 Å². The van der Waals surface area contributed by atoms with Gasteiger partial charge in [-0.1, -0.05) is 30.3 Å². The summed E-state index contributed by atoms with van der Waals surface area (Å²) in [5, 5.41) is 13.6. The minimum Gasteiger partial charge on any atom is -0.497 e. The summed E-state index contributed by atoms with van der Waals surface area (Å²) >= 11 is 1.44. The molecule has 1 aromatic heterocycles. The Morgan fingerprint density at radius 3 is 2.56 bits per heavy atom. The Morgan fingerprint density at radius 1 is 1.19 bits per heavy atom. The van der Waals surface area contributed by atoms with Crippen molar-refractivity contribution in [3.8, 4) is 17.0 Å². The number of anilines is 1. The quantitative estimate of drug-likeness (QED) is 0.627. The predicted octanol–water partition coefficient (Wildman–Crippen LogP) is 4.58. The van der Waals surface area contributed by atoms with Crippen molar-refractivity contribution < 1.29 is 14.6 Å². The second-order valence-corrected chi connectivity index (χ2v) is 7.37. The molecule has 0 aliphatic heterocycles. The first kappa shape index (κ1) is 19.1. The van der Waals surface area contributed by atoms with Crippen LogP contribution in [0.25, 0.3) is 11.3 Å². The number of aryl methyl sites for hydroxylation is 1. The van der Waals surface area contributed by atoms with Crippen molar-refractivity contribution in [1.29, 1.82) is 0 Å². The number of aliphatic hydroxyl groups excluding tert-OH is 1. The van der Waals surface area contributed by atoms with Crippen LogP contribution in [-0.2, 0) is 4.79 Å². The fourth-order valence-electron chi connectivity index (χ4n) is 2.76. The van der Waals surface area contributed by atoms with Gasteiger partial charge in [0.05, 0.1) is 18.9 Å². The normalized spacial score (nSPS) is 11.8. The van der Waals surface area contributed by atoms with E-state index in [4.69, 9.17) is 4.74 Å². The van der Waals surface area contributed by atoms with Crippen LogP contribution in [-0.4, -0.2) is 23.1 Å². The molecule has 27 heavy (non-hydrogen) atoms. The zero-order chi connectivity index (χ0) is 19.2. The molecule has 1 atom stereocenters. The summed E-state index contributed by atoms with van der Waals surface area (Å²) in [7, 11) is 1.63. The number of ether oxygens (including phenoxy) is 1. The van der Waals surface area contributed by atoms with Crippen LogP contribution in [0.15, 0.2) is 54.6 Å². The topological polar surface area (TPSA) is 71.5 Å². The van der Waals surface area contributed by atoms with Gasteiger partial charge in [0, 0.05) is 16.9 Å². The van der Waals surface area contributed by atoms with Gasteiger partial charge < -0.3 is 15.2 Å². The monoisotopic (exact) mass is 382 g/mol. The predicted molar refractivity (Wildman–Crippen MR) is 108 cm³/mol. The highest BCUT2D eigenvalue weighted by molar-refractivity contribution is 7.16. The van der Waals surface area contributed by atoms with E-state index in [1.165, 1.54) is 11.3 Å². The third-order valence-electron chi connectivity index (χ3n) is 4.24. The smallest absolute Gasteiger partial charge is 0.226 e. The Bertz CT molecular complexity index is 892. The number of nitrogens with one attached hydrogen (secondary N) is 1. The lowest BCUT2D eigenvalue weighted by molar-refractivity contribution is -0.116. The first-order valence-corrected chi connectivity index (χ1v) is 9.53. The standard InChI is InChI=1S/C21H22N2O3S/c1-14-20(16-8-10-17(26-2)11-9-16)23-21(27-14)22-19(25)13-12-18(24)15-6-4-3-5-7-15/h3-11,18,24H,12-13H2,1-2H3,(H,22,23,25)/t18-/m0/s1. The highest BCUT2D eigenvalue weighted by atomic mass is 32.1. The van der Waals surface area contributed by atoms with E-state index < -0.39 is 6.10 Å². The van der Waals surface area contributed by atoms with Gasteiger partial charge >= 0.3 is 0 Å².